The van der Waals surface area contributed by atoms with Crippen molar-refractivity contribution in [3.8, 4) is 11.5 Å². The molecule has 0 bridgehead atoms. The van der Waals surface area contributed by atoms with Gasteiger partial charge < -0.3 is 9.73 Å². The monoisotopic (exact) mass is 230 g/mol. The van der Waals surface area contributed by atoms with Gasteiger partial charge in [-0.2, -0.15) is 4.98 Å². The number of oxazole rings is 1. The minimum atomic E-state index is -0.0685. The number of nitrogens with one attached hydrogen (secondary N) is 1. The molecule has 0 aliphatic rings. The molecule has 0 fully saturated rings. The van der Waals surface area contributed by atoms with Crippen molar-refractivity contribution in [2.75, 3.05) is 5.32 Å². The van der Waals surface area contributed by atoms with Crippen LogP contribution >= 0.6 is 0 Å². The molecule has 0 spiro atoms. The van der Waals surface area contributed by atoms with E-state index in [2.05, 4.69) is 10.3 Å². The Morgan fingerprint density at radius 2 is 2.06 bits per heavy atom. The molecule has 0 aliphatic heterocycles. The number of benzene rings is 1. The van der Waals surface area contributed by atoms with Gasteiger partial charge in [0.25, 0.3) is 0 Å². The molecule has 1 aromatic heterocycles. The second kappa shape index (κ2) is 4.82. The summed E-state index contributed by atoms with van der Waals surface area (Å²) in [5.74, 6) is 1.57. The average Bonchev–Trinajstić information content (AvgIpc) is 2.72. The number of carbonyl (C=O) groups is 1. The highest BCUT2D eigenvalue weighted by molar-refractivity contribution is 5.90. The van der Waals surface area contributed by atoms with Crippen molar-refractivity contribution in [2.24, 2.45) is 0 Å². The van der Waals surface area contributed by atoms with Gasteiger partial charge in [-0.05, 0) is 19.1 Å². The molecule has 0 atom stereocenters. The fraction of sp³-hybridized carbons (Fsp3) is 0.231. The summed E-state index contributed by atoms with van der Waals surface area (Å²) in [5.41, 5.74) is 0.896. The number of nitrogens with zero attached hydrogens (tertiary/aromatic N) is 1. The van der Waals surface area contributed by atoms with Gasteiger partial charge in [0.15, 0.2) is 5.82 Å². The second-order valence-corrected chi connectivity index (χ2v) is 3.69. The summed E-state index contributed by atoms with van der Waals surface area (Å²) in [7, 11) is 0. The Hall–Kier alpha value is -2.10. The molecule has 0 saturated carbocycles. The van der Waals surface area contributed by atoms with Gasteiger partial charge in [0.2, 0.25) is 11.8 Å². The minimum absolute atomic E-state index is 0.0685. The van der Waals surface area contributed by atoms with Gasteiger partial charge in [0.05, 0.1) is 0 Å². The first kappa shape index (κ1) is 11.4. The fourth-order valence-electron chi connectivity index (χ4n) is 1.44. The maximum Gasteiger partial charge on any atom is 0.228 e. The van der Waals surface area contributed by atoms with E-state index in [0.717, 1.165) is 5.56 Å². The lowest BCUT2D eigenvalue weighted by Crippen LogP contribution is -2.10. The molecule has 1 amide bonds. The molecule has 88 valence electrons. The van der Waals surface area contributed by atoms with Crippen LogP contribution in [0.4, 0.5) is 5.82 Å². The van der Waals surface area contributed by atoms with E-state index in [1.807, 2.05) is 30.3 Å². The summed E-state index contributed by atoms with van der Waals surface area (Å²) in [4.78, 5) is 15.6. The van der Waals surface area contributed by atoms with Crippen LogP contribution in [0, 0.1) is 6.92 Å². The SMILES string of the molecule is CCC(=O)Nc1nc(-c2ccccc2)oc1C. The number of aromatic nitrogens is 1. The predicted octanol–water partition coefficient (Wildman–Crippen LogP) is 3.00. The Labute approximate surface area is 99.7 Å². The van der Waals surface area contributed by atoms with Crippen molar-refractivity contribution in [1.82, 2.24) is 4.98 Å². The molecular formula is C13H14N2O2. The summed E-state index contributed by atoms with van der Waals surface area (Å²) in [6.45, 7) is 3.58. The highest BCUT2D eigenvalue weighted by Crippen LogP contribution is 2.24. The lowest BCUT2D eigenvalue weighted by molar-refractivity contribution is -0.115. The van der Waals surface area contributed by atoms with Crippen LogP contribution < -0.4 is 5.32 Å². The van der Waals surface area contributed by atoms with Gasteiger partial charge in [-0.25, -0.2) is 0 Å². The Morgan fingerprint density at radius 1 is 1.35 bits per heavy atom. The lowest BCUT2D eigenvalue weighted by atomic mass is 10.2. The smallest absolute Gasteiger partial charge is 0.228 e. The number of hydrogen-bond acceptors (Lipinski definition) is 3. The van der Waals surface area contributed by atoms with E-state index in [0.29, 0.717) is 23.9 Å². The van der Waals surface area contributed by atoms with Crippen LogP contribution in [-0.2, 0) is 4.79 Å². The number of amides is 1. The van der Waals surface area contributed by atoms with E-state index in [-0.39, 0.29) is 5.91 Å². The third-order valence-electron chi connectivity index (χ3n) is 2.40. The Kier molecular flexibility index (Phi) is 3.23. The molecule has 17 heavy (non-hydrogen) atoms. The molecule has 0 radical (unpaired) electrons. The standard InChI is InChI=1S/C13H14N2O2/c1-3-11(16)14-12-9(2)17-13(15-12)10-7-5-4-6-8-10/h4-8H,3H2,1-2H3,(H,14,16). The second-order valence-electron chi connectivity index (χ2n) is 3.69. The molecule has 2 rings (SSSR count). The molecule has 1 N–H and O–H groups in total. The van der Waals surface area contributed by atoms with Crippen LogP contribution in [0.5, 0.6) is 0 Å². The first-order valence-corrected chi connectivity index (χ1v) is 5.53. The summed E-state index contributed by atoms with van der Waals surface area (Å²) in [5, 5.41) is 2.71. The molecule has 1 heterocycles. The maximum atomic E-state index is 11.3. The van der Waals surface area contributed by atoms with Crippen LogP contribution in [0.1, 0.15) is 19.1 Å². The summed E-state index contributed by atoms with van der Waals surface area (Å²) in [6.07, 6.45) is 0.424. The summed E-state index contributed by atoms with van der Waals surface area (Å²) in [6, 6.07) is 9.59. The Morgan fingerprint density at radius 3 is 2.71 bits per heavy atom. The number of hydrogen-bond donors (Lipinski definition) is 1. The molecule has 0 aliphatic carbocycles. The molecule has 4 heteroatoms. The molecule has 0 saturated heterocycles. The van der Waals surface area contributed by atoms with E-state index >= 15 is 0 Å². The average molecular weight is 230 g/mol. The lowest BCUT2D eigenvalue weighted by Gasteiger charge is -1.97. The van der Waals surface area contributed by atoms with Gasteiger partial charge in [-0.3, -0.25) is 4.79 Å². The zero-order valence-corrected chi connectivity index (χ0v) is 9.86. The van der Waals surface area contributed by atoms with Crippen LogP contribution in [0.3, 0.4) is 0 Å². The van der Waals surface area contributed by atoms with Gasteiger partial charge in [-0.15, -0.1) is 0 Å². The van der Waals surface area contributed by atoms with E-state index in [1.165, 1.54) is 0 Å². The van der Waals surface area contributed by atoms with Crippen molar-refractivity contribution in [1.29, 1.82) is 0 Å². The molecule has 1 aromatic carbocycles. The summed E-state index contributed by atoms with van der Waals surface area (Å²) < 4.78 is 5.52. The number of anilines is 1. The largest absolute Gasteiger partial charge is 0.439 e. The third kappa shape index (κ3) is 2.53. The van der Waals surface area contributed by atoms with E-state index in [1.54, 1.807) is 13.8 Å². The molecule has 0 unspecified atom stereocenters. The summed E-state index contributed by atoms with van der Waals surface area (Å²) >= 11 is 0. The minimum Gasteiger partial charge on any atom is -0.439 e. The third-order valence-corrected chi connectivity index (χ3v) is 2.40. The van der Waals surface area contributed by atoms with Crippen LogP contribution in [0.2, 0.25) is 0 Å². The van der Waals surface area contributed by atoms with Crippen LogP contribution in [-0.4, -0.2) is 10.9 Å². The molecule has 2 aromatic rings. The number of carbonyl (C=O) groups excluding carboxylic acids is 1. The maximum absolute atomic E-state index is 11.3. The van der Waals surface area contributed by atoms with Crippen LogP contribution in [0.15, 0.2) is 34.7 Å². The normalized spacial score (nSPS) is 10.2. The topological polar surface area (TPSA) is 55.1 Å². The van der Waals surface area contributed by atoms with E-state index < -0.39 is 0 Å². The van der Waals surface area contributed by atoms with Crippen molar-refractivity contribution < 1.29 is 9.21 Å². The Balaban J connectivity index is 2.28. The fourth-order valence-corrected chi connectivity index (χ4v) is 1.44. The molecule has 4 nitrogen and oxygen atoms in total. The van der Waals surface area contributed by atoms with E-state index in [9.17, 15) is 4.79 Å². The first-order valence-electron chi connectivity index (χ1n) is 5.53. The van der Waals surface area contributed by atoms with Gasteiger partial charge in [-0.1, -0.05) is 25.1 Å². The predicted molar refractivity (Wildman–Crippen MR) is 65.6 cm³/mol. The zero-order valence-electron chi connectivity index (χ0n) is 9.86. The van der Waals surface area contributed by atoms with Gasteiger partial charge in [0, 0.05) is 12.0 Å². The molecular weight excluding hydrogens is 216 g/mol. The highest BCUT2D eigenvalue weighted by atomic mass is 16.4. The van der Waals surface area contributed by atoms with Crippen molar-refractivity contribution in [3.63, 3.8) is 0 Å². The quantitative estimate of drug-likeness (QED) is 0.881. The first-order chi connectivity index (χ1) is 8.20. The number of aryl methyl sites for hydroxylation is 1. The van der Waals surface area contributed by atoms with Crippen LogP contribution in [0.25, 0.3) is 11.5 Å². The van der Waals surface area contributed by atoms with Crippen molar-refractivity contribution >= 4 is 11.7 Å². The van der Waals surface area contributed by atoms with Crippen molar-refractivity contribution in [3.05, 3.63) is 36.1 Å². The van der Waals surface area contributed by atoms with E-state index in [4.69, 9.17) is 4.42 Å². The Bertz CT molecular complexity index is 517. The van der Waals surface area contributed by atoms with Crippen molar-refractivity contribution in [2.45, 2.75) is 20.3 Å². The zero-order chi connectivity index (χ0) is 12.3. The number of rotatable bonds is 3. The van der Waals surface area contributed by atoms with Gasteiger partial charge in [0.1, 0.15) is 5.76 Å². The van der Waals surface area contributed by atoms with Gasteiger partial charge >= 0.3 is 0 Å². The highest BCUT2D eigenvalue weighted by Gasteiger charge is 2.12.